The minimum absolute atomic E-state index is 0.103. The van der Waals surface area contributed by atoms with Crippen LogP contribution in [-0.4, -0.2) is 25.5 Å². The highest BCUT2D eigenvalue weighted by Crippen LogP contribution is 2.17. The second-order valence-electron chi connectivity index (χ2n) is 6.45. The van der Waals surface area contributed by atoms with Crippen LogP contribution in [0.1, 0.15) is 16.1 Å². The van der Waals surface area contributed by atoms with Crippen LogP contribution in [0, 0.1) is 0 Å². The summed E-state index contributed by atoms with van der Waals surface area (Å²) in [6, 6.07) is 16.3. The topological polar surface area (TPSA) is 74.0 Å². The van der Waals surface area contributed by atoms with Crippen molar-refractivity contribution in [1.82, 2.24) is 19.6 Å². The number of hydrogen-bond acceptors (Lipinski definition) is 4. The monoisotopic (exact) mass is 485 g/mol. The van der Waals surface area contributed by atoms with E-state index < -0.39 is 0 Å². The summed E-state index contributed by atoms with van der Waals surface area (Å²) in [5, 5.41) is 12.0. The largest absolute Gasteiger partial charge is 0.471 e. The maximum Gasteiger partial charge on any atom is 0.274 e. The predicted octanol–water partition coefficient (Wildman–Crippen LogP) is 4.83. The molecule has 2 aromatic heterocycles. The van der Waals surface area contributed by atoms with Gasteiger partial charge in [0.25, 0.3) is 5.91 Å². The Morgan fingerprint density at radius 1 is 1.13 bits per heavy atom. The zero-order valence-electron chi connectivity index (χ0n) is 15.7. The highest BCUT2D eigenvalue weighted by molar-refractivity contribution is 9.10. The van der Waals surface area contributed by atoms with Crippen molar-refractivity contribution in [3.8, 4) is 5.75 Å². The number of carbonyl (C=O) groups is 1. The van der Waals surface area contributed by atoms with Crippen LogP contribution in [0.5, 0.6) is 5.75 Å². The molecular weight excluding hydrogens is 470 g/mol. The van der Waals surface area contributed by atoms with Gasteiger partial charge in [-0.15, -0.1) is 0 Å². The van der Waals surface area contributed by atoms with Crippen LogP contribution in [0.2, 0.25) is 5.02 Å². The third kappa shape index (κ3) is 5.08. The molecule has 0 saturated carbocycles. The molecule has 0 radical (unpaired) electrons. The minimum Gasteiger partial charge on any atom is -0.471 e. The average molecular weight is 487 g/mol. The van der Waals surface area contributed by atoms with Crippen LogP contribution in [0.4, 0.5) is 5.69 Å². The van der Waals surface area contributed by atoms with Crippen molar-refractivity contribution in [3.63, 3.8) is 0 Å². The Morgan fingerprint density at radius 3 is 2.73 bits per heavy atom. The Balaban J connectivity index is 1.41. The summed E-state index contributed by atoms with van der Waals surface area (Å²) in [5.41, 5.74) is 2.10. The average Bonchev–Trinajstić information content (AvgIpc) is 3.36. The number of carbonyl (C=O) groups excluding carboxylic acids is 1. The molecule has 7 nitrogen and oxygen atoms in total. The van der Waals surface area contributed by atoms with Crippen LogP contribution in [0.15, 0.2) is 77.7 Å². The summed E-state index contributed by atoms with van der Waals surface area (Å²) in [5.74, 6) is 0.366. The van der Waals surface area contributed by atoms with Gasteiger partial charge in [-0.25, -0.2) is 4.68 Å². The van der Waals surface area contributed by atoms with Gasteiger partial charge < -0.3 is 10.1 Å². The first-order chi connectivity index (χ1) is 14.6. The molecule has 0 saturated heterocycles. The van der Waals surface area contributed by atoms with Gasteiger partial charge >= 0.3 is 0 Å². The van der Waals surface area contributed by atoms with E-state index in [0.717, 1.165) is 10.0 Å². The van der Waals surface area contributed by atoms with Crippen molar-refractivity contribution in [2.75, 3.05) is 5.32 Å². The number of halogens is 2. The Kier molecular flexibility index (Phi) is 6.15. The summed E-state index contributed by atoms with van der Waals surface area (Å²) in [7, 11) is 0. The van der Waals surface area contributed by atoms with Gasteiger partial charge in [0.1, 0.15) is 11.4 Å². The Bertz CT molecular complexity index is 1160. The molecule has 0 atom stereocenters. The van der Waals surface area contributed by atoms with Crippen LogP contribution in [0.25, 0.3) is 0 Å². The lowest BCUT2D eigenvalue weighted by Gasteiger charge is -2.11. The molecule has 2 heterocycles. The normalized spacial score (nSPS) is 10.7. The molecule has 0 fully saturated rings. The van der Waals surface area contributed by atoms with E-state index in [1.807, 2.05) is 35.1 Å². The van der Waals surface area contributed by atoms with Crippen molar-refractivity contribution in [2.24, 2.45) is 0 Å². The molecule has 0 aliphatic carbocycles. The van der Waals surface area contributed by atoms with E-state index in [1.54, 1.807) is 42.7 Å². The number of aromatic nitrogens is 4. The van der Waals surface area contributed by atoms with Crippen LogP contribution < -0.4 is 10.1 Å². The summed E-state index contributed by atoms with van der Waals surface area (Å²) in [6.45, 7) is 0.702. The zero-order valence-corrected chi connectivity index (χ0v) is 18.0. The number of hydrogen-bond donors (Lipinski definition) is 1. The van der Waals surface area contributed by atoms with E-state index in [-0.39, 0.29) is 12.6 Å². The zero-order chi connectivity index (χ0) is 20.9. The van der Waals surface area contributed by atoms with Crippen LogP contribution >= 0.6 is 27.5 Å². The number of nitrogens with one attached hydrogen (secondary N) is 1. The first-order valence-corrected chi connectivity index (χ1v) is 10.2. The van der Waals surface area contributed by atoms with E-state index in [0.29, 0.717) is 28.7 Å². The van der Waals surface area contributed by atoms with E-state index in [2.05, 4.69) is 31.4 Å². The van der Waals surface area contributed by atoms with E-state index in [9.17, 15) is 4.79 Å². The number of amides is 1. The quantitative estimate of drug-likeness (QED) is 0.406. The van der Waals surface area contributed by atoms with Gasteiger partial charge in [-0.2, -0.15) is 10.2 Å². The van der Waals surface area contributed by atoms with Gasteiger partial charge in [0, 0.05) is 23.1 Å². The molecule has 1 amide bonds. The molecule has 0 unspecified atom stereocenters. The lowest BCUT2D eigenvalue weighted by molar-refractivity contribution is 0.100. The molecule has 2 aromatic carbocycles. The Hall–Kier alpha value is -3.10. The molecule has 0 aliphatic heterocycles. The lowest BCUT2D eigenvalue weighted by Crippen LogP contribution is -2.19. The fraction of sp³-hybridized carbons (Fsp3) is 0.0952. The number of rotatable bonds is 7. The molecule has 9 heteroatoms. The lowest BCUT2D eigenvalue weighted by atomic mass is 10.2. The van der Waals surface area contributed by atoms with Crippen molar-refractivity contribution < 1.29 is 9.53 Å². The third-order valence-electron chi connectivity index (χ3n) is 4.25. The van der Waals surface area contributed by atoms with Gasteiger partial charge in [-0.3, -0.25) is 9.48 Å². The molecule has 0 aliphatic rings. The minimum atomic E-state index is -0.272. The van der Waals surface area contributed by atoms with Gasteiger partial charge in [-0.05, 0) is 64.0 Å². The molecular formula is C21H17BrClN5O2. The first-order valence-electron chi connectivity index (χ1n) is 9.05. The highest BCUT2D eigenvalue weighted by Gasteiger charge is 2.13. The molecule has 0 bridgehead atoms. The first kappa shape index (κ1) is 20.2. The number of nitrogens with zero attached hydrogens (tertiary/aromatic N) is 4. The fourth-order valence-corrected chi connectivity index (χ4v) is 3.30. The Morgan fingerprint density at radius 2 is 1.97 bits per heavy atom. The summed E-state index contributed by atoms with van der Waals surface area (Å²) >= 11 is 9.27. The van der Waals surface area contributed by atoms with Crippen molar-refractivity contribution in [2.45, 2.75) is 13.3 Å². The van der Waals surface area contributed by atoms with E-state index in [4.69, 9.17) is 16.3 Å². The molecule has 4 rings (SSSR count). The number of benzene rings is 2. The van der Waals surface area contributed by atoms with Crippen molar-refractivity contribution in [1.29, 1.82) is 0 Å². The molecule has 30 heavy (non-hydrogen) atoms. The number of ether oxygens (including phenoxy) is 1. The molecule has 152 valence electrons. The summed E-state index contributed by atoms with van der Waals surface area (Å²) in [4.78, 5) is 12.8. The standard InChI is InChI=1S/C21H17BrClN5O2/c22-16-11-25-27(13-16)12-15-2-1-3-18(10-15)26-21(29)20-8-9-24-28(20)14-30-19-6-4-17(23)5-7-19/h1-11,13H,12,14H2,(H,26,29). The SMILES string of the molecule is O=C(Nc1cccc(Cn2cc(Br)cn2)c1)c1ccnn1COc1ccc(Cl)cc1. The second-order valence-corrected chi connectivity index (χ2v) is 7.81. The molecule has 4 aromatic rings. The highest BCUT2D eigenvalue weighted by atomic mass is 79.9. The summed E-state index contributed by atoms with van der Waals surface area (Å²) < 4.78 is 9.91. The smallest absolute Gasteiger partial charge is 0.274 e. The van der Waals surface area contributed by atoms with E-state index in [1.165, 1.54) is 4.68 Å². The van der Waals surface area contributed by atoms with Gasteiger partial charge in [-0.1, -0.05) is 23.7 Å². The summed E-state index contributed by atoms with van der Waals surface area (Å²) in [6.07, 6.45) is 5.19. The molecule has 0 spiro atoms. The second kappa shape index (κ2) is 9.15. The Labute approximate surface area is 186 Å². The van der Waals surface area contributed by atoms with Gasteiger partial charge in [0.15, 0.2) is 6.73 Å². The van der Waals surface area contributed by atoms with Crippen LogP contribution in [0.3, 0.4) is 0 Å². The van der Waals surface area contributed by atoms with Crippen LogP contribution in [-0.2, 0) is 13.3 Å². The van der Waals surface area contributed by atoms with E-state index >= 15 is 0 Å². The van der Waals surface area contributed by atoms with Gasteiger partial charge in [0.2, 0.25) is 0 Å². The third-order valence-corrected chi connectivity index (χ3v) is 4.91. The van der Waals surface area contributed by atoms with Crippen molar-refractivity contribution in [3.05, 3.63) is 93.9 Å². The molecule has 1 N–H and O–H groups in total. The number of anilines is 1. The fourth-order valence-electron chi connectivity index (χ4n) is 2.85. The maximum atomic E-state index is 12.8. The van der Waals surface area contributed by atoms with Gasteiger partial charge in [0.05, 0.1) is 17.2 Å². The maximum absolute atomic E-state index is 12.8. The van der Waals surface area contributed by atoms with Crippen molar-refractivity contribution >= 4 is 39.1 Å². The predicted molar refractivity (Wildman–Crippen MR) is 118 cm³/mol.